The molecule has 1 unspecified atom stereocenters. The van der Waals surface area contributed by atoms with Gasteiger partial charge in [0.15, 0.2) is 0 Å². The molecular formula is C19H20ClNO4S. The van der Waals surface area contributed by atoms with Crippen LogP contribution in [0, 0.1) is 0 Å². The van der Waals surface area contributed by atoms with Crippen LogP contribution in [0.25, 0.3) is 0 Å². The first-order valence-corrected chi connectivity index (χ1v) is 10.2. The number of hydrogen-bond acceptors (Lipinski definition) is 4. The first-order chi connectivity index (χ1) is 12.3. The molecule has 1 atom stereocenters. The maximum atomic E-state index is 11.4. The quantitative estimate of drug-likeness (QED) is 0.785. The van der Waals surface area contributed by atoms with Crippen LogP contribution in [0.1, 0.15) is 36.0 Å². The normalized spacial score (nSPS) is 16.7. The topological polar surface area (TPSA) is 72.5 Å². The van der Waals surface area contributed by atoms with E-state index < -0.39 is 10.0 Å². The Balaban J connectivity index is 0.000000158. The number of halogens is 1. The van der Waals surface area contributed by atoms with Crippen LogP contribution in [0.5, 0.6) is 0 Å². The summed E-state index contributed by atoms with van der Waals surface area (Å²) >= 11 is 5.63. The number of aryl methyl sites for hydroxylation is 2. The van der Waals surface area contributed by atoms with Gasteiger partial charge in [0.1, 0.15) is 4.90 Å². The summed E-state index contributed by atoms with van der Waals surface area (Å²) in [6.07, 6.45) is 3.57. The van der Waals surface area contributed by atoms with Crippen LogP contribution in [-0.2, 0) is 32.4 Å². The monoisotopic (exact) mass is 393 g/mol. The highest BCUT2D eigenvalue weighted by molar-refractivity contribution is 7.93. The third-order valence-electron chi connectivity index (χ3n) is 4.65. The number of esters is 1. The zero-order valence-electron chi connectivity index (χ0n) is 14.6. The Morgan fingerprint density at radius 3 is 2.46 bits per heavy atom. The van der Waals surface area contributed by atoms with Crippen molar-refractivity contribution in [3.63, 3.8) is 0 Å². The Kier molecular flexibility index (Phi) is 5.25. The van der Waals surface area contributed by atoms with Gasteiger partial charge in [0.25, 0.3) is 10.0 Å². The molecule has 2 aromatic rings. The van der Waals surface area contributed by atoms with E-state index in [2.05, 4.69) is 16.9 Å². The first kappa shape index (κ1) is 18.7. The molecule has 0 fully saturated rings. The minimum absolute atomic E-state index is 0.147. The number of methoxy groups -OCH3 is 1. The summed E-state index contributed by atoms with van der Waals surface area (Å²) in [5, 5.41) is 0.279. The summed E-state index contributed by atoms with van der Waals surface area (Å²) in [4.78, 5) is 11.5. The highest BCUT2D eigenvalue weighted by atomic mass is 35.5. The Labute approximate surface area is 158 Å². The van der Waals surface area contributed by atoms with Crippen LogP contribution >= 0.6 is 11.6 Å². The summed E-state index contributed by atoms with van der Waals surface area (Å²) in [5.74, 6) is -0.311. The van der Waals surface area contributed by atoms with Gasteiger partial charge in [0.05, 0.1) is 23.7 Å². The fraction of sp³-hybridized carbons (Fsp3) is 0.316. The molecule has 2 aliphatic heterocycles. The van der Waals surface area contributed by atoms with Crippen molar-refractivity contribution >= 4 is 33.3 Å². The van der Waals surface area contributed by atoms with Gasteiger partial charge < -0.3 is 4.74 Å². The van der Waals surface area contributed by atoms with Crippen molar-refractivity contribution in [2.75, 3.05) is 11.8 Å². The molecule has 0 saturated carbocycles. The summed E-state index contributed by atoms with van der Waals surface area (Å²) < 4.78 is 29.3. The number of carbonyl (C=O) groups is 1. The number of hydrogen-bond donors (Lipinski definition) is 1. The van der Waals surface area contributed by atoms with Crippen LogP contribution in [0.2, 0.25) is 5.02 Å². The SMILES string of the molecule is COC(=O)C(C)c1ccc2c(c1)CCC2.O=S1(=O)Nc2ccc1c(Cl)c2. The smallest absolute Gasteiger partial charge is 0.312 e. The molecule has 5 nitrogen and oxygen atoms in total. The Morgan fingerprint density at radius 2 is 1.88 bits per heavy atom. The Morgan fingerprint density at radius 1 is 1.15 bits per heavy atom. The molecule has 0 radical (unpaired) electrons. The van der Waals surface area contributed by atoms with Gasteiger partial charge in [-0.05, 0) is 61.1 Å². The van der Waals surface area contributed by atoms with E-state index in [1.165, 1.54) is 37.1 Å². The Bertz CT molecular complexity index is 956. The predicted molar refractivity (Wildman–Crippen MR) is 101 cm³/mol. The van der Waals surface area contributed by atoms with Gasteiger partial charge >= 0.3 is 5.97 Å². The minimum Gasteiger partial charge on any atom is -0.469 e. The molecule has 0 spiro atoms. The number of benzene rings is 2. The highest BCUT2D eigenvalue weighted by Gasteiger charge is 2.23. The molecule has 7 heteroatoms. The fourth-order valence-electron chi connectivity index (χ4n) is 3.17. The molecule has 2 bridgehead atoms. The second-order valence-corrected chi connectivity index (χ2v) is 8.44. The highest BCUT2D eigenvalue weighted by Crippen LogP contribution is 2.31. The van der Waals surface area contributed by atoms with E-state index in [1.54, 1.807) is 12.1 Å². The van der Waals surface area contributed by atoms with E-state index in [0.29, 0.717) is 5.69 Å². The molecular weight excluding hydrogens is 374 g/mol. The third kappa shape index (κ3) is 3.71. The van der Waals surface area contributed by atoms with E-state index in [0.717, 1.165) is 12.0 Å². The zero-order chi connectivity index (χ0) is 18.9. The van der Waals surface area contributed by atoms with Crippen molar-refractivity contribution < 1.29 is 17.9 Å². The number of anilines is 1. The Hall–Kier alpha value is -2.05. The minimum atomic E-state index is -3.33. The summed E-state index contributed by atoms with van der Waals surface area (Å²) in [6, 6.07) is 11.1. The lowest BCUT2D eigenvalue weighted by atomic mass is 9.97. The molecule has 0 saturated heterocycles. The molecule has 2 aromatic carbocycles. The van der Waals surface area contributed by atoms with Crippen molar-refractivity contribution in [1.29, 1.82) is 0 Å². The molecule has 26 heavy (non-hydrogen) atoms. The molecule has 3 aliphatic rings. The lowest BCUT2D eigenvalue weighted by Crippen LogP contribution is -2.17. The predicted octanol–water partition coefficient (Wildman–Crippen LogP) is 3.91. The second-order valence-electron chi connectivity index (χ2n) is 6.38. The van der Waals surface area contributed by atoms with Crippen LogP contribution in [0.3, 0.4) is 0 Å². The lowest BCUT2D eigenvalue weighted by molar-refractivity contribution is -0.141. The van der Waals surface area contributed by atoms with E-state index in [9.17, 15) is 13.2 Å². The van der Waals surface area contributed by atoms with E-state index in [-0.39, 0.29) is 21.8 Å². The molecule has 5 rings (SSSR count). The average molecular weight is 394 g/mol. The standard InChI is InChI=1S/C13H16O2.C6H4ClNO2S/c1-9(13(14)15-2)11-7-6-10-4-3-5-12(10)8-11;7-5-3-4-1-2-6(5)11(9,10)8-4/h6-9H,3-5H2,1-2H3;1-3,8H. The van der Waals surface area contributed by atoms with Crippen molar-refractivity contribution in [1.82, 2.24) is 0 Å². The van der Waals surface area contributed by atoms with E-state index >= 15 is 0 Å². The van der Waals surface area contributed by atoms with Crippen LogP contribution in [-0.4, -0.2) is 21.5 Å². The molecule has 1 aliphatic carbocycles. The summed E-state index contributed by atoms with van der Waals surface area (Å²) in [6.45, 7) is 1.89. The molecule has 0 amide bonds. The van der Waals surface area contributed by atoms with Gasteiger partial charge in [0.2, 0.25) is 0 Å². The zero-order valence-corrected chi connectivity index (χ0v) is 16.2. The van der Waals surface area contributed by atoms with Gasteiger partial charge in [-0.1, -0.05) is 29.8 Å². The van der Waals surface area contributed by atoms with Crippen molar-refractivity contribution in [3.05, 3.63) is 58.1 Å². The maximum Gasteiger partial charge on any atom is 0.312 e. The molecule has 1 N–H and O–H groups in total. The average Bonchev–Trinajstić information content (AvgIpc) is 3.07. The maximum absolute atomic E-state index is 11.4. The van der Waals surface area contributed by atoms with Gasteiger partial charge in [-0.25, -0.2) is 8.42 Å². The van der Waals surface area contributed by atoms with Crippen LogP contribution in [0.4, 0.5) is 5.69 Å². The number of nitrogens with one attached hydrogen (secondary N) is 1. The lowest BCUT2D eigenvalue weighted by Gasteiger charge is -2.15. The third-order valence-corrected chi connectivity index (χ3v) is 6.52. The van der Waals surface area contributed by atoms with Crippen molar-refractivity contribution in [2.45, 2.75) is 37.0 Å². The fourth-order valence-corrected chi connectivity index (χ4v) is 4.76. The number of ether oxygens (including phenoxy) is 1. The molecule has 138 valence electrons. The largest absolute Gasteiger partial charge is 0.469 e. The first-order valence-electron chi connectivity index (χ1n) is 8.33. The van der Waals surface area contributed by atoms with Gasteiger partial charge in [-0.3, -0.25) is 9.52 Å². The van der Waals surface area contributed by atoms with Crippen molar-refractivity contribution in [2.24, 2.45) is 0 Å². The van der Waals surface area contributed by atoms with Crippen LogP contribution < -0.4 is 4.72 Å². The second kappa shape index (κ2) is 7.29. The number of fused-ring (bicyclic) bond motifs is 4. The van der Waals surface area contributed by atoms with E-state index in [1.807, 2.05) is 13.0 Å². The number of rotatable bonds is 2. The molecule has 2 heterocycles. The number of carbonyl (C=O) groups excluding carboxylic acids is 1. The van der Waals surface area contributed by atoms with Crippen LogP contribution in [0.15, 0.2) is 41.3 Å². The van der Waals surface area contributed by atoms with Gasteiger partial charge in [-0.2, -0.15) is 0 Å². The summed E-state index contributed by atoms with van der Waals surface area (Å²) in [7, 11) is -1.89. The molecule has 0 aromatic heterocycles. The van der Waals surface area contributed by atoms with Gasteiger partial charge in [-0.15, -0.1) is 0 Å². The van der Waals surface area contributed by atoms with E-state index in [4.69, 9.17) is 16.3 Å². The summed E-state index contributed by atoms with van der Waals surface area (Å²) in [5.41, 5.74) is 4.44. The van der Waals surface area contributed by atoms with Gasteiger partial charge in [0, 0.05) is 0 Å². The van der Waals surface area contributed by atoms with Crippen molar-refractivity contribution in [3.8, 4) is 0 Å². The number of sulfonamides is 1.